The van der Waals surface area contributed by atoms with E-state index in [1.54, 1.807) is 25.1 Å². The molecule has 258 valence electrons. The minimum absolute atomic E-state index is 0.0181. The topological polar surface area (TPSA) is 151 Å². The van der Waals surface area contributed by atoms with Crippen LogP contribution in [0.15, 0.2) is 30.3 Å². The van der Waals surface area contributed by atoms with Crippen LogP contribution in [0.4, 0.5) is 38.2 Å². The lowest BCUT2D eigenvalue weighted by atomic mass is 10.2. The summed E-state index contributed by atoms with van der Waals surface area (Å²) < 4.78 is 91.3. The van der Waals surface area contributed by atoms with Crippen molar-refractivity contribution in [1.82, 2.24) is 25.3 Å². The zero-order valence-corrected chi connectivity index (χ0v) is 26.7. The van der Waals surface area contributed by atoms with Crippen LogP contribution in [0.25, 0.3) is 5.69 Å². The van der Waals surface area contributed by atoms with Crippen LogP contribution in [0, 0.1) is 6.92 Å². The van der Waals surface area contributed by atoms with E-state index < -0.39 is 47.7 Å². The second-order valence-electron chi connectivity index (χ2n) is 9.90. The first kappa shape index (κ1) is 36.5. The van der Waals surface area contributed by atoms with Gasteiger partial charge in [-0.25, -0.2) is 4.98 Å². The van der Waals surface area contributed by atoms with Crippen LogP contribution in [0.5, 0.6) is 11.5 Å². The molecular formula is C27H24Cl3F6N8O4+. The summed E-state index contributed by atoms with van der Waals surface area (Å²) in [6.07, 6.45) is -9.82. The Balaban J connectivity index is 1.36. The zero-order chi connectivity index (χ0) is 35.2. The van der Waals surface area contributed by atoms with Crippen LogP contribution in [0.1, 0.15) is 42.9 Å². The molecule has 2 amide bonds. The smallest absolute Gasteiger partial charge is 0.493 e. The molecule has 0 fully saturated rings. The molecule has 4 N–H and O–H groups in total. The Bertz CT molecular complexity index is 1780. The molecule has 48 heavy (non-hydrogen) atoms. The number of benzene rings is 2. The van der Waals surface area contributed by atoms with Gasteiger partial charge in [0.2, 0.25) is 23.6 Å². The fourth-order valence-corrected chi connectivity index (χ4v) is 4.74. The van der Waals surface area contributed by atoms with E-state index in [9.17, 15) is 35.9 Å². The van der Waals surface area contributed by atoms with Crippen molar-refractivity contribution in [2.24, 2.45) is 0 Å². The van der Waals surface area contributed by atoms with Crippen molar-refractivity contribution in [1.29, 1.82) is 0 Å². The molecule has 2 aromatic heterocycles. The summed E-state index contributed by atoms with van der Waals surface area (Å²) in [6.45, 7) is 1.77. The quantitative estimate of drug-likeness (QED) is 0.0676. The molecule has 0 aliphatic heterocycles. The third-order valence-corrected chi connectivity index (χ3v) is 7.00. The number of carbonyl (C=O) groups is 2. The van der Waals surface area contributed by atoms with Gasteiger partial charge in [-0.05, 0) is 54.7 Å². The third-order valence-electron chi connectivity index (χ3n) is 6.17. The number of aromatic amines is 2. The van der Waals surface area contributed by atoms with E-state index in [0.29, 0.717) is 15.5 Å². The zero-order valence-electron chi connectivity index (χ0n) is 24.5. The molecule has 0 aliphatic carbocycles. The second-order valence-corrected chi connectivity index (χ2v) is 11.1. The molecule has 0 radical (unpaired) electrons. The molecule has 2 aromatic carbocycles. The van der Waals surface area contributed by atoms with Crippen LogP contribution < -0.4 is 24.8 Å². The van der Waals surface area contributed by atoms with Gasteiger partial charge < -0.3 is 14.5 Å². The maximum absolute atomic E-state index is 14.0. The number of nitrogens with one attached hydrogen (secondary N) is 4. The number of aromatic nitrogens is 6. The summed E-state index contributed by atoms with van der Waals surface area (Å²) >= 11 is 18.3. The van der Waals surface area contributed by atoms with Crippen molar-refractivity contribution in [3.05, 3.63) is 62.6 Å². The van der Waals surface area contributed by atoms with E-state index in [1.165, 1.54) is 0 Å². The number of amides is 2. The SMILES string of the molecule is Cc1cc(Cl)ccc1OCCCC(=O)Nc1n[n+](-c2cc(OCCCC(=O)Nc3nnc(C(F)(F)F)[nH]3)c(Cl)cc2Cl)c(C(F)(F)F)[nH]1. The van der Waals surface area contributed by atoms with Crippen molar-refractivity contribution in [3.63, 3.8) is 0 Å². The summed E-state index contributed by atoms with van der Waals surface area (Å²) in [5.74, 6) is -4.70. The number of H-pyrrole nitrogens is 2. The third kappa shape index (κ3) is 9.86. The largest absolute Gasteiger partial charge is 0.497 e. The first-order valence-electron chi connectivity index (χ1n) is 13.7. The van der Waals surface area contributed by atoms with Gasteiger partial charge in [0.25, 0.3) is 0 Å². The molecule has 4 rings (SSSR count). The number of hydrogen-bond acceptors (Lipinski definition) is 7. The van der Waals surface area contributed by atoms with E-state index in [2.05, 4.69) is 25.9 Å². The molecule has 0 saturated carbocycles. The number of hydrogen-bond donors (Lipinski definition) is 4. The highest BCUT2D eigenvalue weighted by molar-refractivity contribution is 6.36. The van der Waals surface area contributed by atoms with Gasteiger partial charge in [0.1, 0.15) is 11.5 Å². The van der Waals surface area contributed by atoms with Crippen molar-refractivity contribution >= 4 is 58.5 Å². The van der Waals surface area contributed by atoms with Crippen molar-refractivity contribution in [3.8, 4) is 17.2 Å². The standard InChI is InChI=1S/C27H23Cl3F6N8O4/c1-13-10-14(28)6-7-18(13)47-8-2-5-21(46)38-25-40-23(27(34,35)36)44(43-25)17-12-19(16(30)11-15(17)29)48-9-3-4-20(45)37-24-39-22(41-42-24)26(31,32)33/h6-7,10-12H,2-5,8-9H2,1H3,(H3,37,38,39,41,42,43,45,46)/p+1. The van der Waals surface area contributed by atoms with Gasteiger partial charge in [0.15, 0.2) is 5.69 Å². The summed E-state index contributed by atoms with van der Waals surface area (Å²) in [6, 6.07) is 7.23. The Labute approximate surface area is 282 Å². The van der Waals surface area contributed by atoms with Gasteiger partial charge in [-0.2, -0.15) is 26.3 Å². The molecule has 0 atom stereocenters. The highest BCUT2D eigenvalue weighted by Gasteiger charge is 2.46. The number of nitrogens with zero attached hydrogens (tertiary/aromatic N) is 4. The van der Waals surface area contributed by atoms with Crippen LogP contribution in [-0.4, -0.2) is 50.3 Å². The first-order valence-corrected chi connectivity index (χ1v) is 14.8. The summed E-state index contributed by atoms with van der Waals surface area (Å²) in [5, 5.41) is 14.5. The second kappa shape index (κ2) is 15.3. The molecule has 0 aliphatic rings. The highest BCUT2D eigenvalue weighted by atomic mass is 35.5. The Morgan fingerprint density at radius 2 is 1.44 bits per heavy atom. The number of rotatable bonds is 13. The van der Waals surface area contributed by atoms with Crippen LogP contribution in [-0.2, 0) is 21.9 Å². The molecule has 2 heterocycles. The molecule has 4 aromatic rings. The van der Waals surface area contributed by atoms with Crippen LogP contribution in [0.3, 0.4) is 0 Å². The molecule has 0 bridgehead atoms. The lowest BCUT2D eigenvalue weighted by Gasteiger charge is -2.10. The molecule has 12 nitrogen and oxygen atoms in total. The van der Waals surface area contributed by atoms with E-state index in [-0.39, 0.29) is 60.4 Å². The number of halogens is 9. The summed E-state index contributed by atoms with van der Waals surface area (Å²) in [7, 11) is 0. The predicted octanol–water partition coefficient (Wildman–Crippen LogP) is 6.71. The van der Waals surface area contributed by atoms with Gasteiger partial charge in [0, 0.05) is 23.9 Å². The van der Waals surface area contributed by atoms with Crippen molar-refractivity contribution in [2.75, 3.05) is 23.8 Å². The Morgan fingerprint density at radius 3 is 2.02 bits per heavy atom. The van der Waals surface area contributed by atoms with Crippen LogP contribution >= 0.6 is 34.8 Å². The first-order chi connectivity index (χ1) is 22.5. The molecule has 0 spiro atoms. The van der Waals surface area contributed by atoms with Crippen molar-refractivity contribution in [2.45, 2.75) is 45.0 Å². The minimum atomic E-state index is -4.97. The number of aryl methyl sites for hydroxylation is 1. The number of carbonyl (C=O) groups excluding carboxylic acids is 2. The van der Waals surface area contributed by atoms with E-state index in [1.807, 2.05) is 9.97 Å². The fourth-order valence-electron chi connectivity index (χ4n) is 3.99. The van der Waals surface area contributed by atoms with Gasteiger partial charge >= 0.3 is 24.1 Å². The van der Waals surface area contributed by atoms with Gasteiger partial charge in [-0.15, -0.1) is 10.2 Å². The number of anilines is 2. The predicted molar refractivity (Wildman–Crippen MR) is 159 cm³/mol. The van der Waals surface area contributed by atoms with Gasteiger partial charge in [0.05, 0.1) is 23.3 Å². The Kier molecular flexibility index (Phi) is 11.6. The maximum atomic E-state index is 14.0. The maximum Gasteiger partial charge on any atom is 0.497 e. The average Bonchev–Trinajstić information content (AvgIpc) is 3.63. The minimum Gasteiger partial charge on any atom is -0.493 e. The monoisotopic (exact) mass is 743 g/mol. The lowest BCUT2D eigenvalue weighted by molar-refractivity contribution is -0.676. The van der Waals surface area contributed by atoms with E-state index >= 15 is 0 Å². The normalized spacial score (nSPS) is 11.8. The van der Waals surface area contributed by atoms with Gasteiger partial charge in [-0.3, -0.25) is 20.2 Å². The molecular weight excluding hydrogens is 721 g/mol. The van der Waals surface area contributed by atoms with Crippen LogP contribution in [0.2, 0.25) is 15.1 Å². The summed E-state index contributed by atoms with van der Waals surface area (Å²) in [4.78, 5) is 28.4. The average molecular weight is 745 g/mol. The highest BCUT2D eigenvalue weighted by Crippen LogP contribution is 2.34. The molecule has 21 heteroatoms. The Hall–Kier alpha value is -4.29. The number of alkyl halides is 6. The Morgan fingerprint density at radius 1 is 0.812 bits per heavy atom. The summed E-state index contributed by atoms with van der Waals surface area (Å²) in [5.41, 5.74) is 0.483. The fraction of sp³-hybridized carbons (Fsp3) is 0.333. The van der Waals surface area contributed by atoms with E-state index in [0.717, 1.165) is 17.7 Å². The molecule has 0 unspecified atom stereocenters. The number of ether oxygens (including phenoxy) is 2. The van der Waals surface area contributed by atoms with Gasteiger partial charge in [-0.1, -0.05) is 39.5 Å². The van der Waals surface area contributed by atoms with E-state index in [4.69, 9.17) is 44.3 Å². The lowest BCUT2D eigenvalue weighted by Crippen LogP contribution is -2.41. The molecule has 0 saturated heterocycles. The van der Waals surface area contributed by atoms with Crippen molar-refractivity contribution < 1.29 is 50.1 Å².